The van der Waals surface area contributed by atoms with Gasteiger partial charge in [-0.05, 0) is 53.9 Å². The van der Waals surface area contributed by atoms with E-state index >= 15 is 0 Å². The third kappa shape index (κ3) is 3.83. The molecule has 5 atom stereocenters. The van der Waals surface area contributed by atoms with E-state index in [1.165, 1.54) is 24.8 Å². The first kappa shape index (κ1) is 17.4. The second kappa shape index (κ2) is 6.85. The van der Waals surface area contributed by atoms with E-state index in [9.17, 15) is 5.11 Å². The van der Waals surface area contributed by atoms with Gasteiger partial charge in [-0.1, -0.05) is 33.8 Å². The highest BCUT2D eigenvalue weighted by atomic mass is 16.5. The van der Waals surface area contributed by atoms with Crippen molar-refractivity contribution in [3.8, 4) is 0 Å². The van der Waals surface area contributed by atoms with Gasteiger partial charge in [0.1, 0.15) is 0 Å². The van der Waals surface area contributed by atoms with Crippen molar-refractivity contribution >= 4 is 0 Å². The summed E-state index contributed by atoms with van der Waals surface area (Å²) < 4.78 is 5.87. The summed E-state index contributed by atoms with van der Waals surface area (Å²) in [5.74, 6) is 3.08. The molecule has 1 heterocycles. The topological polar surface area (TPSA) is 32.7 Å². The third-order valence-corrected chi connectivity index (χ3v) is 6.58. The number of hydrogen-bond donors (Lipinski definition) is 1. The number of piperidine rings is 1. The third-order valence-electron chi connectivity index (χ3n) is 6.58. The fraction of sp³-hybridized carbons (Fsp3) is 0.900. The first-order chi connectivity index (χ1) is 10.9. The number of ether oxygens (including phenoxy) is 1. The van der Waals surface area contributed by atoms with Crippen LogP contribution in [0.15, 0.2) is 11.6 Å². The molecular weight excluding hydrogens is 286 g/mol. The molecule has 0 aromatic heterocycles. The molecule has 1 N–H and O–H groups in total. The van der Waals surface area contributed by atoms with Crippen LogP contribution in [0.4, 0.5) is 0 Å². The van der Waals surface area contributed by atoms with E-state index in [4.69, 9.17) is 4.74 Å². The molecule has 4 aliphatic rings. The predicted octanol–water partition coefficient (Wildman–Crippen LogP) is 3.33. The van der Waals surface area contributed by atoms with Crippen LogP contribution in [0, 0.1) is 29.1 Å². The number of rotatable bonds is 6. The van der Waals surface area contributed by atoms with Crippen molar-refractivity contribution in [3.63, 3.8) is 0 Å². The molecule has 23 heavy (non-hydrogen) atoms. The van der Waals surface area contributed by atoms with Crippen LogP contribution in [0.3, 0.4) is 0 Å². The molecule has 0 aromatic carbocycles. The number of β-amino-alcohol motifs (C(OH)–C–C–N with tert-alkyl or cyclic N) is 1. The Hall–Kier alpha value is -0.380. The smallest absolute Gasteiger partial charge is 0.0900 e. The van der Waals surface area contributed by atoms with E-state index in [0.717, 1.165) is 37.4 Å². The molecular formula is C20H35NO2. The maximum absolute atomic E-state index is 10.3. The Kier molecular flexibility index (Phi) is 5.20. The molecule has 0 aromatic rings. The van der Waals surface area contributed by atoms with Gasteiger partial charge in [0.2, 0.25) is 0 Å². The molecule has 0 spiro atoms. The van der Waals surface area contributed by atoms with Gasteiger partial charge in [-0.2, -0.15) is 0 Å². The fourth-order valence-electron chi connectivity index (χ4n) is 5.25. The number of fused-ring (bicyclic) bond motifs is 1. The van der Waals surface area contributed by atoms with Gasteiger partial charge in [-0.25, -0.2) is 0 Å². The van der Waals surface area contributed by atoms with E-state index in [2.05, 4.69) is 38.7 Å². The van der Waals surface area contributed by atoms with E-state index < -0.39 is 0 Å². The summed E-state index contributed by atoms with van der Waals surface area (Å²) >= 11 is 0. The Morgan fingerprint density at radius 1 is 1.26 bits per heavy atom. The molecule has 1 saturated heterocycles. The standard InChI is InChI=1S/C20H35NO2/c1-14-7-15(2)10-21(9-14)11-18(22)13-23-12-16-5-6-17-8-19(16)20(17,3)4/h5,14-15,17-19,22H,6-13H2,1-4H3/t14-,15-,17+,18-,19-/m1/s1. The lowest BCUT2D eigenvalue weighted by atomic mass is 9.49. The quantitative estimate of drug-likeness (QED) is 0.762. The minimum atomic E-state index is -0.362. The molecule has 132 valence electrons. The highest BCUT2D eigenvalue weighted by Gasteiger charge is 2.50. The summed E-state index contributed by atoms with van der Waals surface area (Å²) in [4.78, 5) is 2.41. The predicted molar refractivity (Wildman–Crippen MR) is 94.3 cm³/mol. The number of hydrogen-bond acceptors (Lipinski definition) is 3. The molecule has 0 radical (unpaired) electrons. The monoisotopic (exact) mass is 321 g/mol. The van der Waals surface area contributed by atoms with Gasteiger partial charge >= 0.3 is 0 Å². The number of likely N-dealkylation sites (tertiary alicyclic amines) is 1. The van der Waals surface area contributed by atoms with E-state index in [1.807, 2.05) is 0 Å². The normalized spacial score (nSPS) is 37.9. The largest absolute Gasteiger partial charge is 0.389 e. The van der Waals surface area contributed by atoms with Gasteiger partial charge in [0.05, 0.1) is 19.3 Å². The van der Waals surface area contributed by atoms with E-state index in [-0.39, 0.29) is 6.10 Å². The van der Waals surface area contributed by atoms with Crippen LogP contribution in [-0.2, 0) is 4.74 Å². The maximum Gasteiger partial charge on any atom is 0.0900 e. The Morgan fingerprint density at radius 3 is 2.57 bits per heavy atom. The zero-order valence-corrected chi connectivity index (χ0v) is 15.4. The minimum absolute atomic E-state index is 0.362. The van der Waals surface area contributed by atoms with Crippen molar-refractivity contribution < 1.29 is 9.84 Å². The first-order valence-electron chi connectivity index (χ1n) is 9.53. The summed E-state index contributed by atoms with van der Waals surface area (Å²) in [6.07, 6.45) is 5.90. The lowest BCUT2D eigenvalue weighted by Crippen LogP contribution is -2.48. The summed E-state index contributed by atoms with van der Waals surface area (Å²) in [5.41, 5.74) is 1.94. The van der Waals surface area contributed by atoms with Gasteiger partial charge in [0, 0.05) is 19.6 Å². The SMILES string of the molecule is C[C@@H]1C[C@@H](C)CN(C[C@@H](O)COCC2=CC[C@H]3C[C@H]2C3(C)C)C1. The van der Waals surface area contributed by atoms with Crippen LogP contribution in [0.25, 0.3) is 0 Å². The van der Waals surface area contributed by atoms with Gasteiger partial charge < -0.3 is 14.7 Å². The Morgan fingerprint density at radius 2 is 1.96 bits per heavy atom. The minimum Gasteiger partial charge on any atom is -0.389 e. The second-order valence-corrected chi connectivity index (χ2v) is 9.15. The second-order valence-electron chi connectivity index (χ2n) is 9.15. The molecule has 1 saturated carbocycles. The molecule has 0 unspecified atom stereocenters. The zero-order valence-electron chi connectivity index (χ0n) is 15.4. The lowest BCUT2D eigenvalue weighted by molar-refractivity contribution is -0.0280. The molecule has 4 rings (SSSR count). The van der Waals surface area contributed by atoms with Crippen LogP contribution < -0.4 is 0 Å². The average molecular weight is 322 g/mol. The van der Waals surface area contributed by atoms with Gasteiger partial charge in [-0.15, -0.1) is 0 Å². The van der Waals surface area contributed by atoms with Crippen LogP contribution >= 0.6 is 0 Å². The number of aliphatic hydroxyl groups is 1. The molecule has 1 aliphatic heterocycles. The lowest BCUT2D eigenvalue weighted by Gasteiger charge is -2.56. The molecule has 2 fully saturated rings. The van der Waals surface area contributed by atoms with Crippen molar-refractivity contribution in [1.82, 2.24) is 4.90 Å². The van der Waals surface area contributed by atoms with E-state index in [0.29, 0.717) is 24.5 Å². The van der Waals surface area contributed by atoms with Crippen molar-refractivity contribution in [2.24, 2.45) is 29.1 Å². The van der Waals surface area contributed by atoms with Gasteiger partial charge in [-0.3, -0.25) is 0 Å². The highest BCUT2D eigenvalue weighted by molar-refractivity contribution is 5.23. The van der Waals surface area contributed by atoms with Gasteiger partial charge in [0.25, 0.3) is 0 Å². The molecule has 3 nitrogen and oxygen atoms in total. The van der Waals surface area contributed by atoms with Gasteiger partial charge in [0.15, 0.2) is 0 Å². The molecule has 3 heteroatoms. The van der Waals surface area contributed by atoms with Crippen LogP contribution in [-0.4, -0.2) is 49.0 Å². The average Bonchev–Trinajstić information content (AvgIpc) is 2.46. The maximum atomic E-state index is 10.3. The van der Waals surface area contributed by atoms with Crippen molar-refractivity contribution in [2.45, 2.75) is 53.1 Å². The van der Waals surface area contributed by atoms with Crippen molar-refractivity contribution in [1.29, 1.82) is 0 Å². The Bertz CT molecular complexity index is 435. The van der Waals surface area contributed by atoms with E-state index in [1.54, 1.807) is 0 Å². The summed E-state index contributed by atoms with van der Waals surface area (Å²) in [6, 6.07) is 0. The number of nitrogens with zero attached hydrogens (tertiary/aromatic N) is 1. The zero-order chi connectivity index (χ0) is 16.6. The molecule has 0 amide bonds. The fourth-order valence-corrected chi connectivity index (χ4v) is 5.25. The molecule has 3 aliphatic carbocycles. The van der Waals surface area contributed by atoms with Crippen LogP contribution in [0.1, 0.15) is 47.0 Å². The highest BCUT2D eigenvalue weighted by Crippen LogP contribution is 2.59. The number of aliphatic hydroxyl groups excluding tert-OH is 1. The Labute approximate surface area is 142 Å². The summed E-state index contributed by atoms with van der Waals surface area (Å²) in [6.45, 7) is 13.6. The first-order valence-corrected chi connectivity index (χ1v) is 9.53. The molecule has 2 bridgehead atoms. The summed E-state index contributed by atoms with van der Waals surface area (Å²) in [5, 5.41) is 10.3. The number of allylic oxidation sites excluding steroid dienone is 1. The van der Waals surface area contributed by atoms with Crippen molar-refractivity contribution in [3.05, 3.63) is 11.6 Å². The van der Waals surface area contributed by atoms with Crippen LogP contribution in [0.2, 0.25) is 0 Å². The summed E-state index contributed by atoms with van der Waals surface area (Å²) in [7, 11) is 0. The Balaban J connectivity index is 1.38. The van der Waals surface area contributed by atoms with Crippen molar-refractivity contribution in [2.75, 3.05) is 32.8 Å². The van der Waals surface area contributed by atoms with Crippen LogP contribution in [0.5, 0.6) is 0 Å².